The number of carbonyl (C=O) groups is 1. The molecule has 0 fully saturated rings. The number of aldehydes is 1. The van der Waals surface area contributed by atoms with Crippen LogP contribution in [0.2, 0.25) is 0 Å². The molecule has 0 amide bonds. The highest BCUT2D eigenvalue weighted by atomic mass is 32.1. The highest BCUT2D eigenvalue weighted by molar-refractivity contribution is 7.09. The molecule has 3 heterocycles. The van der Waals surface area contributed by atoms with E-state index in [1.807, 2.05) is 28.8 Å². The first-order valence-electron chi connectivity index (χ1n) is 5.82. The summed E-state index contributed by atoms with van der Waals surface area (Å²) >= 11 is 1.75. The molecule has 3 rings (SSSR count). The highest BCUT2D eigenvalue weighted by Crippen LogP contribution is 2.15. The fraction of sp³-hybridized carbons (Fsp3) is 0.143. The SMILES string of the molecule is O=Cc1nc(CCc2cccs2)n2ccccc12. The Balaban J connectivity index is 1.94. The van der Waals surface area contributed by atoms with Crippen molar-refractivity contribution in [3.8, 4) is 0 Å². The van der Waals surface area contributed by atoms with E-state index in [0.717, 1.165) is 30.5 Å². The zero-order chi connectivity index (χ0) is 12.4. The molecule has 90 valence electrons. The lowest BCUT2D eigenvalue weighted by atomic mass is 10.2. The van der Waals surface area contributed by atoms with Gasteiger partial charge in [-0.25, -0.2) is 4.98 Å². The van der Waals surface area contributed by atoms with E-state index < -0.39 is 0 Å². The molecular formula is C14H12N2OS. The topological polar surface area (TPSA) is 34.4 Å². The Morgan fingerprint density at radius 2 is 2.17 bits per heavy atom. The summed E-state index contributed by atoms with van der Waals surface area (Å²) in [6.45, 7) is 0. The van der Waals surface area contributed by atoms with Crippen LogP contribution in [0.3, 0.4) is 0 Å². The van der Waals surface area contributed by atoms with Gasteiger partial charge in [-0.15, -0.1) is 11.3 Å². The maximum Gasteiger partial charge on any atom is 0.170 e. The quantitative estimate of drug-likeness (QED) is 0.672. The second kappa shape index (κ2) is 4.74. The van der Waals surface area contributed by atoms with Crippen molar-refractivity contribution in [3.63, 3.8) is 0 Å². The van der Waals surface area contributed by atoms with Crippen molar-refractivity contribution >= 4 is 23.1 Å². The molecular weight excluding hydrogens is 244 g/mol. The molecule has 0 N–H and O–H groups in total. The van der Waals surface area contributed by atoms with Crippen LogP contribution in [0, 0.1) is 0 Å². The molecule has 3 nitrogen and oxygen atoms in total. The van der Waals surface area contributed by atoms with E-state index in [-0.39, 0.29) is 0 Å². The number of imidazole rings is 1. The van der Waals surface area contributed by atoms with E-state index in [9.17, 15) is 4.79 Å². The minimum atomic E-state index is 0.525. The summed E-state index contributed by atoms with van der Waals surface area (Å²) in [5, 5.41) is 2.08. The molecule has 0 spiro atoms. The Labute approximate surface area is 109 Å². The molecule has 3 aromatic heterocycles. The van der Waals surface area contributed by atoms with Crippen LogP contribution >= 0.6 is 11.3 Å². The summed E-state index contributed by atoms with van der Waals surface area (Å²) in [5.41, 5.74) is 1.41. The van der Waals surface area contributed by atoms with Crippen molar-refractivity contribution in [2.75, 3.05) is 0 Å². The van der Waals surface area contributed by atoms with Crippen LogP contribution in [0.1, 0.15) is 21.2 Å². The Kier molecular flexibility index (Phi) is 2.94. The average Bonchev–Trinajstić information content (AvgIpc) is 3.04. The van der Waals surface area contributed by atoms with Gasteiger partial charge < -0.3 is 4.40 Å². The number of aromatic nitrogens is 2. The van der Waals surface area contributed by atoms with Crippen LogP contribution in [-0.2, 0) is 12.8 Å². The van der Waals surface area contributed by atoms with Crippen molar-refractivity contribution in [2.24, 2.45) is 0 Å². The van der Waals surface area contributed by atoms with Gasteiger partial charge in [0.05, 0.1) is 5.52 Å². The molecule has 18 heavy (non-hydrogen) atoms. The number of hydrogen-bond acceptors (Lipinski definition) is 3. The number of fused-ring (bicyclic) bond motifs is 1. The molecule has 0 aliphatic carbocycles. The number of pyridine rings is 1. The Morgan fingerprint density at radius 3 is 2.94 bits per heavy atom. The van der Waals surface area contributed by atoms with Gasteiger partial charge in [-0.05, 0) is 30.0 Å². The zero-order valence-corrected chi connectivity index (χ0v) is 10.6. The predicted molar refractivity (Wildman–Crippen MR) is 72.3 cm³/mol. The third-order valence-corrected chi connectivity index (χ3v) is 3.87. The number of thiophene rings is 1. The Bertz CT molecular complexity index is 670. The number of nitrogens with zero attached hydrogens (tertiary/aromatic N) is 2. The Hall–Kier alpha value is -1.94. The van der Waals surface area contributed by atoms with E-state index in [1.165, 1.54) is 4.88 Å². The summed E-state index contributed by atoms with van der Waals surface area (Å²) in [6, 6.07) is 9.98. The number of rotatable bonds is 4. The standard InChI is InChI=1S/C14H12N2OS/c17-10-12-13-5-1-2-8-16(13)14(15-12)7-6-11-4-3-9-18-11/h1-5,8-10H,6-7H2. The third kappa shape index (κ3) is 1.95. The first-order chi connectivity index (χ1) is 8.88. The van der Waals surface area contributed by atoms with E-state index in [2.05, 4.69) is 22.5 Å². The van der Waals surface area contributed by atoms with Gasteiger partial charge >= 0.3 is 0 Å². The smallest absolute Gasteiger partial charge is 0.170 e. The van der Waals surface area contributed by atoms with Crippen LogP contribution in [0.5, 0.6) is 0 Å². The molecule has 0 aliphatic heterocycles. The summed E-state index contributed by atoms with van der Waals surface area (Å²) in [4.78, 5) is 16.7. The number of aryl methyl sites for hydroxylation is 2. The summed E-state index contributed by atoms with van der Waals surface area (Å²) in [6.07, 6.45) is 4.59. The summed E-state index contributed by atoms with van der Waals surface area (Å²) < 4.78 is 2.00. The van der Waals surface area contributed by atoms with Crippen LogP contribution in [0.25, 0.3) is 5.52 Å². The molecule has 4 heteroatoms. The second-order valence-electron chi connectivity index (χ2n) is 4.07. The number of hydrogen-bond donors (Lipinski definition) is 0. The van der Waals surface area contributed by atoms with Gasteiger partial charge in [0.15, 0.2) is 6.29 Å². The lowest BCUT2D eigenvalue weighted by molar-refractivity contribution is 0.112. The van der Waals surface area contributed by atoms with Crippen molar-refractivity contribution in [3.05, 3.63) is 58.3 Å². The van der Waals surface area contributed by atoms with Gasteiger partial charge in [-0.3, -0.25) is 4.79 Å². The lowest BCUT2D eigenvalue weighted by Gasteiger charge is -1.99. The maximum atomic E-state index is 11.0. The molecule has 0 saturated carbocycles. The van der Waals surface area contributed by atoms with Crippen molar-refractivity contribution in [1.82, 2.24) is 9.38 Å². The molecule has 0 aromatic carbocycles. The fourth-order valence-electron chi connectivity index (χ4n) is 2.08. The monoisotopic (exact) mass is 256 g/mol. The van der Waals surface area contributed by atoms with Gasteiger partial charge in [0.1, 0.15) is 11.5 Å². The van der Waals surface area contributed by atoms with Crippen LogP contribution in [0.15, 0.2) is 41.9 Å². The highest BCUT2D eigenvalue weighted by Gasteiger charge is 2.09. The van der Waals surface area contributed by atoms with Crippen LogP contribution in [-0.4, -0.2) is 15.7 Å². The minimum absolute atomic E-state index is 0.525. The summed E-state index contributed by atoms with van der Waals surface area (Å²) in [5.74, 6) is 0.945. The minimum Gasteiger partial charge on any atom is -0.303 e. The van der Waals surface area contributed by atoms with E-state index in [4.69, 9.17) is 0 Å². The molecule has 0 unspecified atom stereocenters. The zero-order valence-electron chi connectivity index (χ0n) is 9.74. The molecule has 0 bridgehead atoms. The second-order valence-corrected chi connectivity index (χ2v) is 5.10. The molecule has 0 aliphatic rings. The van der Waals surface area contributed by atoms with Crippen LogP contribution in [0.4, 0.5) is 0 Å². The fourth-order valence-corrected chi connectivity index (χ4v) is 2.79. The molecule has 0 radical (unpaired) electrons. The van der Waals surface area contributed by atoms with Gasteiger partial charge in [0.25, 0.3) is 0 Å². The first kappa shape index (κ1) is 11.2. The van der Waals surface area contributed by atoms with E-state index in [0.29, 0.717) is 5.69 Å². The third-order valence-electron chi connectivity index (χ3n) is 2.94. The normalized spacial score (nSPS) is 10.9. The largest absolute Gasteiger partial charge is 0.303 e. The molecule has 3 aromatic rings. The van der Waals surface area contributed by atoms with Gasteiger partial charge in [0, 0.05) is 17.5 Å². The first-order valence-corrected chi connectivity index (χ1v) is 6.70. The van der Waals surface area contributed by atoms with Crippen molar-refractivity contribution < 1.29 is 4.79 Å². The Morgan fingerprint density at radius 1 is 1.22 bits per heavy atom. The average molecular weight is 256 g/mol. The predicted octanol–water partition coefficient (Wildman–Crippen LogP) is 2.99. The van der Waals surface area contributed by atoms with Crippen LogP contribution < -0.4 is 0 Å². The van der Waals surface area contributed by atoms with Crippen molar-refractivity contribution in [2.45, 2.75) is 12.8 Å². The van der Waals surface area contributed by atoms with E-state index in [1.54, 1.807) is 11.3 Å². The summed E-state index contributed by atoms with van der Waals surface area (Å²) in [7, 11) is 0. The van der Waals surface area contributed by atoms with Gasteiger partial charge in [0.2, 0.25) is 0 Å². The van der Waals surface area contributed by atoms with Gasteiger partial charge in [-0.1, -0.05) is 12.1 Å². The number of carbonyl (C=O) groups excluding carboxylic acids is 1. The maximum absolute atomic E-state index is 11.0. The van der Waals surface area contributed by atoms with E-state index >= 15 is 0 Å². The van der Waals surface area contributed by atoms with Gasteiger partial charge in [-0.2, -0.15) is 0 Å². The molecule has 0 atom stereocenters. The lowest BCUT2D eigenvalue weighted by Crippen LogP contribution is -1.96. The van der Waals surface area contributed by atoms with Crippen molar-refractivity contribution in [1.29, 1.82) is 0 Å². The molecule has 0 saturated heterocycles.